The highest BCUT2D eigenvalue weighted by atomic mass is 16.3. The van der Waals surface area contributed by atoms with E-state index < -0.39 is 0 Å². The third kappa shape index (κ3) is 5.99. The van der Waals surface area contributed by atoms with Crippen LogP contribution in [-0.4, -0.2) is 28.7 Å². The molecule has 8 heteroatoms. The van der Waals surface area contributed by atoms with E-state index in [1.807, 2.05) is 60.7 Å². The second kappa shape index (κ2) is 16.1. The number of hydrogen-bond acceptors (Lipinski definition) is 6. The van der Waals surface area contributed by atoms with Gasteiger partial charge in [-0.05, 0) is 128 Å². The number of benzene rings is 12. The summed E-state index contributed by atoms with van der Waals surface area (Å²) in [7, 11) is 0. The molecule has 0 saturated carbocycles. The Bertz CT molecular complexity index is 6330. The van der Waals surface area contributed by atoms with Gasteiger partial charge in [0, 0.05) is 65.3 Å². The Labute approximate surface area is 482 Å². The maximum atomic E-state index is 6.61. The Morgan fingerprint density at radius 1 is 0.318 bits per heavy atom. The summed E-state index contributed by atoms with van der Waals surface area (Å²) in [6, 6.07) is 82.1. The number of rotatable bonds is 2. The quantitative estimate of drug-likeness (QED) is 0.171. The Balaban J connectivity index is 0.000000122. The molecule has 0 unspecified atom stereocenters. The molecule has 0 amide bonds. The zero-order valence-electron chi connectivity index (χ0n) is 45.9. The number of para-hydroxylation sites is 6. The summed E-state index contributed by atoms with van der Waals surface area (Å²) in [4.78, 5) is 20.6. The van der Waals surface area contributed by atoms with Gasteiger partial charge in [0.1, 0.15) is 27.8 Å². The summed E-state index contributed by atoms with van der Waals surface area (Å²) in [6.07, 6.45) is 0. The Kier molecular flexibility index (Phi) is 8.58. The van der Waals surface area contributed by atoms with Crippen molar-refractivity contribution >= 4 is 153 Å². The van der Waals surface area contributed by atoms with Crippen molar-refractivity contribution in [3.8, 4) is 33.4 Å². The van der Waals surface area contributed by atoms with Gasteiger partial charge < -0.3 is 8.83 Å². The van der Waals surface area contributed by atoms with Crippen molar-refractivity contribution in [2.24, 2.45) is 0 Å². The molecule has 8 aromatic heterocycles. The van der Waals surface area contributed by atoms with Crippen LogP contribution in [0.4, 0.5) is 0 Å². The van der Waals surface area contributed by atoms with Crippen molar-refractivity contribution < 1.29 is 8.83 Å². The van der Waals surface area contributed by atoms with E-state index in [4.69, 9.17) is 28.8 Å². The van der Waals surface area contributed by atoms with Crippen LogP contribution in [0.5, 0.6) is 0 Å². The van der Waals surface area contributed by atoms with Crippen molar-refractivity contribution in [1.29, 1.82) is 0 Å². The topological polar surface area (TPSA) is 86.7 Å². The van der Waals surface area contributed by atoms with Crippen LogP contribution >= 0.6 is 0 Å². The standard InChI is InChI=1S/C41H25N3O.C36H19N3O/c1-41(2)31-11-5-3-9-24(31)28-19-22(15-18-32(28)41)23-20-29-26-16-17-27-25-10-4-8-14-35(25)45-39(27)38(26)44-37(29)30(21-23)36-40(44)43-34-13-7-6-12-33(34)42-36;1-2-9-22-20(7-1)8-5-10-23(22)21-15-16-32-27(17-21)28-18-26-24-11-6-12-25-34-36(38-30-14-4-3-13-29(30)37-34)39(35(24)25)31(26)19-33(28)40-32/h3-21H,1-2H3;1-19H. The molecule has 1 aliphatic carbocycles. The van der Waals surface area contributed by atoms with Gasteiger partial charge in [-0.1, -0.05) is 166 Å². The molecular weight excluding hydrogens is 1040 g/mol. The Morgan fingerprint density at radius 2 is 0.894 bits per heavy atom. The molecule has 0 spiro atoms. The van der Waals surface area contributed by atoms with Crippen molar-refractivity contribution in [3.63, 3.8) is 0 Å². The highest BCUT2D eigenvalue weighted by molar-refractivity contribution is 6.29. The van der Waals surface area contributed by atoms with Crippen molar-refractivity contribution in [3.05, 3.63) is 242 Å². The maximum Gasteiger partial charge on any atom is 0.165 e. The average Bonchev–Trinajstić information content (AvgIpc) is 1.63. The molecule has 12 aromatic carbocycles. The van der Waals surface area contributed by atoms with Crippen LogP contribution in [0.2, 0.25) is 0 Å². The molecule has 85 heavy (non-hydrogen) atoms. The van der Waals surface area contributed by atoms with Crippen LogP contribution in [0.3, 0.4) is 0 Å². The monoisotopic (exact) mass is 1080 g/mol. The molecular formula is C77H44N6O2. The minimum absolute atomic E-state index is 0.0244. The van der Waals surface area contributed by atoms with Crippen LogP contribution in [0.25, 0.3) is 187 Å². The second-order valence-corrected chi connectivity index (χ2v) is 23.6. The van der Waals surface area contributed by atoms with E-state index in [1.54, 1.807) is 0 Å². The summed E-state index contributed by atoms with van der Waals surface area (Å²) < 4.78 is 17.6. The summed E-state index contributed by atoms with van der Waals surface area (Å²) in [6.45, 7) is 4.66. The van der Waals surface area contributed by atoms with Crippen LogP contribution in [0.1, 0.15) is 25.0 Å². The fraction of sp³-hybridized carbons (Fsp3) is 0.0390. The summed E-state index contributed by atoms with van der Waals surface area (Å²) in [5.74, 6) is 0. The Morgan fingerprint density at radius 3 is 1.74 bits per heavy atom. The number of fused-ring (bicyclic) bond motifs is 25. The number of hydrogen-bond donors (Lipinski definition) is 0. The molecule has 0 N–H and O–H groups in total. The highest BCUT2D eigenvalue weighted by Crippen LogP contribution is 2.51. The molecule has 394 valence electrons. The van der Waals surface area contributed by atoms with Gasteiger partial charge in [0.25, 0.3) is 0 Å². The van der Waals surface area contributed by atoms with Crippen LogP contribution < -0.4 is 0 Å². The van der Waals surface area contributed by atoms with E-state index in [2.05, 4.69) is 193 Å². The highest BCUT2D eigenvalue weighted by Gasteiger charge is 2.35. The van der Waals surface area contributed by atoms with Crippen molar-refractivity contribution in [2.75, 3.05) is 0 Å². The summed E-state index contributed by atoms with van der Waals surface area (Å²) >= 11 is 0. The molecule has 1 aliphatic rings. The van der Waals surface area contributed by atoms with Gasteiger partial charge in [0.2, 0.25) is 0 Å². The predicted molar refractivity (Wildman–Crippen MR) is 349 cm³/mol. The molecule has 21 rings (SSSR count). The molecule has 0 atom stereocenters. The smallest absolute Gasteiger partial charge is 0.165 e. The summed E-state index contributed by atoms with van der Waals surface area (Å²) in [5, 5.41) is 14.0. The van der Waals surface area contributed by atoms with Gasteiger partial charge in [0.15, 0.2) is 16.9 Å². The Hall–Kier alpha value is -11.2. The SMILES string of the molecule is CC1(C)c2ccccc2-c2cc(-c3cc4c5ccc6c7ccccc7oc6c5n5c6nc7ccccc7nc6c(c3)c45)ccc21.c1ccc2c(-c3ccc4oc5cc6c(cc5c4c3)c3cccc4c5nc7ccccc7nc5n6c34)cccc2c1. The molecule has 8 nitrogen and oxygen atoms in total. The van der Waals surface area contributed by atoms with Gasteiger partial charge in [0.05, 0.1) is 44.1 Å². The molecule has 0 fully saturated rings. The first-order chi connectivity index (χ1) is 41.9. The van der Waals surface area contributed by atoms with Gasteiger partial charge in [-0.3, -0.25) is 8.80 Å². The molecule has 0 saturated heterocycles. The fourth-order valence-corrected chi connectivity index (χ4v) is 14.9. The number of furan rings is 2. The van der Waals surface area contributed by atoms with Gasteiger partial charge >= 0.3 is 0 Å². The van der Waals surface area contributed by atoms with E-state index >= 15 is 0 Å². The van der Waals surface area contributed by atoms with Gasteiger partial charge in [-0.25, -0.2) is 19.9 Å². The lowest BCUT2D eigenvalue weighted by Gasteiger charge is -2.21. The molecule has 0 bridgehead atoms. The zero-order valence-corrected chi connectivity index (χ0v) is 45.9. The van der Waals surface area contributed by atoms with Crippen LogP contribution in [-0.2, 0) is 5.41 Å². The lowest BCUT2D eigenvalue weighted by molar-refractivity contribution is 0.660. The van der Waals surface area contributed by atoms with Crippen LogP contribution in [0.15, 0.2) is 239 Å². The number of aromatic nitrogens is 6. The molecule has 8 heterocycles. The fourth-order valence-electron chi connectivity index (χ4n) is 14.9. The van der Waals surface area contributed by atoms with Gasteiger partial charge in [-0.15, -0.1) is 0 Å². The minimum atomic E-state index is -0.0244. The molecule has 0 radical (unpaired) electrons. The second-order valence-electron chi connectivity index (χ2n) is 23.6. The number of nitrogens with zero attached hydrogens (tertiary/aromatic N) is 6. The lowest BCUT2D eigenvalue weighted by Crippen LogP contribution is -2.14. The maximum absolute atomic E-state index is 6.61. The summed E-state index contributed by atoms with van der Waals surface area (Å²) in [5.41, 5.74) is 25.4. The minimum Gasteiger partial charge on any atom is -0.456 e. The van der Waals surface area contributed by atoms with E-state index in [0.717, 1.165) is 126 Å². The lowest BCUT2D eigenvalue weighted by atomic mass is 9.82. The predicted octanol–water partition coefficient (Wildman–Crippen LogP) is 20.2. The van der Waals surface area contributed by atoms with Gasteiger partial charge in [-0.2, -0.15) is 0 Å². The first kappa shape index (κ1) is 45.4. The first-order valence-corrected chi connectivity index (χ1v) is 29.0. The normalized spacial score (nSPS) is 13.4. The largest absolute Gasteiger partial charge is 0.456 e. The van der Waals surface area contributed by atoms with Crippen LogP contribution in [0, 0.1) is 0 Å². The first-order valence-electron chi connectivity index (χ1n) is 29.0. The van der Waals surface area contributed by atoms with Crippen molar-refractivity contribution in [2.45, 2.75) is 19.3 Å². The third-order valence-corrected chi connectivity index (χ3v) is 18.8. The van der Waals surface area contributed by atoms with E-state index in [0.29, 0.717) is 0 Å². The van der Waals surface area contributed by atoms with Crippen molar-refractivity contribution in [1.82, 2.24) is 28.7 Å². The van der Waals surface area contributed by atoms with E-state index in [1.165, 1.54) is 71.4 Å². The van der Waals surface area contributed by atoms with E-state index in [9.17, 15) is 0 Å². The molecule has 20 aromatic rings. The average molecular weight is 1090 g/mol. The van der Waals surface area contributed by atoms with E-state index in [-0.39, 0.29) is 5.41 Å². The third-order valence-electron chi connectivity index (χ3n) is 18.8. The molecule has 0 aliphatic heterocycles. The zero-order chi connectivity index (χ0) is 55.6.